The number of nitrogens with zero attached hydrogens (tertiary/aromatic N) is 3. The van der Waals surface area contributed by atoms with Crippen LogP contribution in [0.4, 0.5) is 0 Å². The van der Waals surface area contributed by atoms with Gasteiger partial charge < -0.3 is 10.4 Å². The van der Waals surface area contributed by atoms with Crippen LogP contribution in [0.25, 0.3) is 0 Å². The lowest BCUT2D eigenvalue weighted by molar-refractivity contribution is 0.0950. The molecule has 0 spiro atoms. The minimum atomic E-state index is -0.295. The van der Waals surface area contributed by atoms with Crippen molar-refractivity contribution in [2.24, 2.45) is 0 Å². The molecule has 1 amide bonds. The molecule has 1 aromatic carbocycles. The molecule has 8 heteroatoms. The molecule has 3 N–H and O–H groups in total. The van der Waals surface area contributed by atoms with E-state index in [1.54, 1.807) is 12.1 Å². The van der Waals surface area contributed by atoms with Gasteiger partial charge in [0.2, 0.25) is 0 Å². The maximum atomic E-state index is 11.9. The SMILES string of the molecule is O=C(NCc1nn[nH]n1)c1ccc(C#CCCO)c(Cl)c1. The van der Waals surface area contributed by atoms with Gasteiger partial charge in [0.1, 0.15) is 0 Å². The molecule has 2 aromatic rings. The molecule has 0 aliphatic rings. The Kier molecular flexibility index (Phi) is 5.26. The summed E-state index contributed by atoms with van der Waals surface area (Å²) in [4.78, 5) is 11.9. The third-order valence-electron chi connectivity index (χ3n) is 2.49. The smallest absolute Gasteiger partial charge is 0.251 e. The van der Waals surface area contributed by atoms with Gasteiger partial charge in [-0.3, -0.25) is 4.79 Å². The first kappa shape index (κ1) is 15.0. The number of halogens is 1. The number of carbonyl (C=O) groups is 1. The highest BCUT2D eigenvalue weighted by Crippen LogP contribution is 2.17. The fraction of sp³-hybridized carbons (Fsp3) is 0.231. The zero-order chi connectivity index (χ0) is 15.1. The van der Waals surface area contributed by atoms with Crippen LogP contribution in [0.15, 0.2) is 18.2 Å². The Bertz CT molecular complexity index is 676. The Morgan fingerprint density at radius 3 is 3.00 bits per heavy atom. The maximum absolute atomic E-state index is 11.9. The van der Waals surface area contributed by atoms with Crippen molar-refractivity contribution in [3.05, 3.63) is 40.2 Å². The van der Waals surface area contributed by atoms with Gasteiger partial charge >= 0.3 is 0 Å². The molecular weight excluding hydrogens is 294 g/mol. The molecule has 21 heavy (non-hydrogen) atoms. The topological polar surface area (TPSA) is 104 Å². The third kappa shape index (κ3) is 4.27. The minimum Gasteiger partial charge on any atom is -0.395 e. The van der Waals surface area contributed by atoms with E-state index < -0.39 is 0 Å². The van der Waals surface area contributed by atoms with E-state index in [0.29, 0.717) is 28.4 Å². The van der Waals surface area contributed by atoms with E-state index >= 15 is 0 Å². The van der Waals surface area contributed by atoms with Gasteiger partial charge in [-0.15, -0.1) is 10.2 Å². The molecule has 0 bridgehead atoms. The van der Waals surface area contributed by atoms with E-state index in [4.69, 9.17) is 16.7 Å². The summed E-state index contributed by atoms with van der Waals surface area (Å²) in [5.74, 6) is 5.70. The van der Waals surface area contributed by atoms with Crippen LogP contribution in [0.5, 0.6) is 0 Å². The number of amides is 1. The minimum absolute atomic E-state index is 0.00118. The van der Waals surface area contributed by atoms with Crippen LogP contribution in [0, 0.1) is 11.8 Å². The molecule has 1 heterocycles. The highest BCUT2D eigenvalue weighted by molar-refractivity contribution is 6.32. The molecule has 108 valence electrons. The molecule has 1 aromatic heterocycles. The fourth-order valence-electron chi connectivity index (χ4n) is 1.49. The summed E-state index contributed by atoms with van der Waals surface area (Å²) in [5.41, 5.74) is 1.02. The number of aromatic amines is 1. The van der Waals surface area contributed by atoms with Gasteiger partial charge in [-0.1, -0.05) is 28.7 Å². The maximum Gasteiger partial charge on any atom is 0.251 e. The zero-order valence-corrected chi connectivity index (χ0v) is 11.7. The summed E-state index contributed by atoms with van der Waals surface area (Å²) in [7, 11) is 0. The van der Waals surface area contributed by atoms with Gasteiger partial charge in [-0.05, 0) is 18.2 Å². The van der Waals surface area contributed by atoms with Gasteiger partial charge in [0, 0.05) is 17.5 Å². The van der Waals surface area contributed by atoms with E-state index in [1.807, 2.05) is 0 Å². The average Bonchev–Trinajstić information content (AvgIpc) is 3.00. The van der Waals surface area contributed by atoms with Gasteiger partial charge in [0.25, 0.3) is 5.91 Å². The van der Waals surface area contributed by atoms with E-state index in [-0.39, 0.29) is 19.1 Å². The van der Waals surface area contributed by atoms with Gasteiger partial charge in [0.05, 0.1) is 18.2 Å². The predicted molar refractivity (Wildman–Crippen MR) is 75.4 cm³/mol. The molecule has 0 saturated carbocycles. The van der Waals surface area contributed by atoms with Gasteiger partial charge in [-0.25, -0.2) is 0 Å². The molecule has 0 fully saturated rings. The number of tetrazole rings is 1. The van der Waals surface area contributed by atoms with Gasteiger partial charge in [0.15, 0.2) is 5.82 Å². The quantitative estimate of drug-likeness (QED) is 0.714. The first-order chi connectivity index (χ1) is 10.2. The Balaban J connectivity index is 2.02. The van der Waals surface area contributed by atoms with Crippen molar-refractivity contribution in [1.82, 2.24) is 25.9 Å². The normalized spacial score (nSPS) is 9.81. The lowest BCUT2D eigenvalue weighted by Crippen LogP contribution is -2.23. The van der Waals surface area contributed by atoms with Crippen LogP contribution in [-0.2, 0) is 6.54 Å². The highest BCUT2D eigenvalue weighted by Gasteiger charge is 2.09. The van der Waals surface area contributed by atoms with Crippen LogP contribution in [0.1, 0.15) is 28.2 Å². The molecule has 0 aliphatic heterocycles. The van der Waals surface area contributed by atoms with Crippen LogP contribution in [0.2, 0.25) is 5.02 Å². The number of benzene rings is 1. The van der Waals surface area contributed by atoms with Crippen LogP contribution >= 0.6 is 11.6 Å². The van der Waals surface area contributed by atoms with Crippen LogP contribution < -0.4 is 5.32 Å². The van der Waals surface area contributed by atoms with Crippen molar-refractivity contribution < 1.29 is 9.90 Å². The second-order valence-electron chi connectivity index (χ2n) is 3.98. The molecule has 0 saturated heterocycles. The summed E-state index contributed by atoms with van der Waals surface area (Å²) < 4.78 is 0. The second-order valence-corrected chi connectivity index (χ2v) is 4.39. The van der Waals surface area contributed by atoms with Crippen molar-refractivity contribution in [3.8, 4) is 11.8 Å². The molecule has 0 unspecified atom stereocenters. The average molecular weight is 306 g/mol. The van der Waals surface area contributed by atoms with Crippen molar-refractivity contribution in [1.29, 1.82) is 0 Å². The monoisotopic (exact) mass is 305 g/mol. The van der Waals surface area contributed by atoms with Crippen molar-refractivity contribution in [2.45, 2.75) is 13.0 Å². The molecule has 0 atom stereocenters. The predicted octanol–water partition coefficient (Wildman–Crippen LogP) is 0.517. The lowest BCUT2D eigenvalue weighted by Gasteiger charge is -2.04. The highest BCUT2D eigenvalue weighted by atomic mass is 35.5. The Morgan fingerprint density at radius 1 is 1.48 bits per heavy atom. The third-order valence-corrected chi connectivity index (χ3v) is 2.80. The van der Waals surface area contributed by atoms with E-state index in [0.717, 1.165) is 0 Å². The first-order valence-electron chi connectivity index (χ1n) is 6.10. The molecule has 0 radical (unpaired) electrons. The van der Waals surface area contributed by atoms with Crippen molar-refractivity contribution >= 4 is 17.5 Å². The summed E-state index contributed by atoms with van der Waals surface area (Å²) in [6.45, 7) is 0.173. The fourth-order valence-corrected chi connectivity index (χ4v) is 1.72. The summed E-state index contributed by atoms with van der Waals surface area (Å²) in [5, 5.41) is 24.8. The molecule has 2 rings (SSSR count). The largest absolute Gasteiger partial charge is 0.395 e. The van der Waals surface area contributed by atoms with Crippen molar-refractivity contribution in [3.63, 3.8) is 0 Å². The summed E-state index contributed by atoms with van der Waals surface area (Å²) in [6.07, 6.45) is 0.378. The first-order valence-corrected chi connectivity index (χ1v) is 6.48. The zero-order valence-electron chi connectivity index (χ0n) is 10.9. The Morgan fingerprint density at radius 2 is 2.33 bits per heavy atom. The number of aromatic nitrogens is 4. The number of hydrogen-bond acceptors (Lipinski definition) is 5. The second kappa shape index (κ2) is 7.38. The number of aliphatic hydroxyl groups is 1. The van der Waals surface area contributed by atoms with Crippen molar-refractivity contribution in [2.75, 3.05) is 6.61 Å². The standard InChI is InChI=1S/C13H12ClN5O2/c14-11-7-10(5-4-9(11)3-1-2-6-20)13(21)15-8-12-16-18-19-17-12/h4-5,7,20H,2,6,8H2,(H,15,21)(H,16,17,18,19). The van der Waals surface area contributed by atoms with E-state index in [9.17, 15) is 4.79 Å². The number of H-pyrrole nitrogens is 1. The number of carbonyl (C=O) groups excluding carboxylic acids is 1. The van der Waals surface area contributed by atoms with E-state index in [2.05, 4.69) is 37.8 Å². The molecule has 0 aliphatic carbocycles. The summed E-state index contributed by atoms with van der Waals surface area (Å²) in [6, 6.07) is 4.83. The van der Waals surface area contributed by atoms with Crippen LogP contribution in [-0.4, -0.2) is 38.2 Å². The number of rotatable bonds is 4. The number of aliphatic hydroxyl groups excluding tert-OH is 1. The van der Waals surface area contributed by atoms with E-state index in [1.165, 1.54) is 6.07 Å². The van der Waals surface area contributed by atoms with Gasteiger partial charge in [-0.2, -0.15) is 5.21 Å². The Hall–Kier alpha value is -2.43. The van der Waals surface area contributed by atoms with Crippen LogP contribution in [0.3, 0.4) is 0 Å². The Labute approximate surface area is 125 Å². The lowest BCUT2D eigenvalue weighted by atomic mass is 10.1. The molecular formula is C13H12ClN5O2. The number of hydrogen-bond donors (Lipinski definition) is 3. The molecule has 7 nitrogen and oxygen atoms in total. The number of nitrogens with one attached hydrogen (secondary N) is 2. The summed E-state index contributed by atoms with van der Waals surface area (Å²) >= 11 is 6.07.